The second kappa shape index (κ2) is 8.06. The smallest absolute Gasteiger partial charge is 0.338 e. The molecule has 2 N–H and O–H groups in total. The normalized spacial score (nSPS) is 15.9. The van der Waals surface area contributed by atoms with Crippen molar-refractivity contribution in [3.63, 3.8) is 0 Å². The van der Waals surface area contributed by atoms with Gasteiger partial charge in [-0.15, -0.1) is 0 Å². The number of amides is 3. The quantitative estimate of drug-likeness (QED) is 0.681. The largest absolute Gasteiger partial charge is 0.449 e. The summed E-state index contributed by atoms with van der Waals surface area (Å²) in [5.41, 5.74) is -0.847. The fourth-order valence-corrected chi connectivity index (χ4v) is 4.42. The highest BCUT2D eigenvalue weighted by Gasteiger charge is 2.32. The van der Waals surface area contributed by atoms with Gasteiger partial charge in [0.1, 0.15) is 4.90 Å². The third kappa shape index (κ3) is 5.21. The molecule has 0 saturated carbocycles. The molecule has 1 aromatic carbocycles. The average molecular weight is 432 g/mol. The van der Waals surface area contributed by atoms with E-state index in [-0.39, 0.29) is 22.0 Å². The van der Waals surface area contributed by atoms with Crippen molar-refractivity contribution < 1.29 is 27.5 Å². The first-order valence-corrected chi connectivity index (χ1v) is 10.3. The number of urea groups is 1. The number of carbonyl (C=O) groups is 3. The van der Waals surface area contributed by atoms with Crippen molar-refractivity contribution in [1.29, 1.82) is 0 Å². The number of ether oxygens (including phenoxy) is 1. The molecule has 2 rings (SSSR count). The second-order valence-electron chi connectivity index (χ2n) is 7.27. The van der Waals surface area contributed by atoms with E-state index in [4.69, 9.17) is 16.3 Å². The lowest BCUT2D eigenvalue weighted by molar-refractivity contribution is -0.136. The van der Waals surface area contributed by atoms with Crippen molar-refractivity contribution in [3.05, 3.63) is 28.8 Å². The van der Waals surface area contributed by atoms with Crippen molar-refractivity contribution in [1.82, 2.24) is 14.9 Å². The first kappa shape index (κ1) is 22.1. The summed E-state index contributed by atoms with van der Waals surface area (Å²) in [6, 6.07) is 3.08. The van der Waals surface area contributed by atoms with E-state index in [0.29, 0.717) is 6.54 Å². The summed E-state index contributed by atoms with van der Waals surface area (Å²) in [4.78, 5) is 36.8. The van der Waals surface area contributed by atoms with Crippen LogP contribution in [0.4, 0.5) is 4.79 Å². The molecule has 1 heterocycles. The Morgan fingerprint density at radius 3 is 2.50 bits per heavy atom. The Hall–Kier alpha value is -2.17. The van der Waals surface area contributed by atoms with E-state index in [2.05, 4.69) is 10.0 Å². The summed E-state index contributed by atoms with van der Waals surface area (Å²) < 4.78 is 32.6. The number of nitrogens with one attached hydrogen (secondary N) is 2. The van der Waals surface area contributed by atoms with Gasteiger partial charge in [-0.25, -0.2) is 22.7 Å². The number of benzene rings is 1. The molecule has 0 bridgehead atoms. The fraction of sp³-hybridized carbons (Fsp3) is 0.471. The lowest BCUT2D eigenvalue weighted by Crippen LogP contribution is -2.42. The molecule has 154 valence electrons. The molecule has 3 amide bonds. The zero-order chi connectivity index (χ0) is 21.3. The topological polar surface area (TPSA) is 122 Å². The number of imide groups is 1. The Morgan fingerprint density at radius 2 is 1.96 bits per heavy atom. The van der Waals surface area contributed by atoms with Crippen LogP contribution in [0.25, 0.3) is 0 Å². The first-order chi connectivity index (χ1) is 12.8. The predicted octanol–water partition coefficient (Wildman–Crippen LogP) is 1.51. The molecule has 1 aliphatic rings. The molecule has 1 saturated heterocycles. The van der Waals surface area contributed by atoms with Crippen LogP contribution in [-0.2, 0) is 19.6 Å². The molecule has 1 unspecified atom stereocenters. The lowest BCUT2D eigenvalue weighted by atomic mass is 10.1. The summed E-state index contributed by atoms with van der Waals surface area (Å²) in [5, 5.41) is 2.41. The number of hydrogen-bond donors (Lipinski definition) is 2. The molecule has 9 nitrogen and oxygen atoms in total. The minimum Gasteiger partial charge on any atom is -0.449 e. The molecule has 11 heteroatoms. The van der Waals surface area contributed by atoms with Gasteiger partial charge in [-0.1, -0.05) is 11.6 Å². The van der Waals surface area contributed by atoms with Gasteiger partial charge in [0.25, 0.3) is 5.91 Å². The zero-order valence-electron chi connectivity index (χ0n) is 15.9. The van der Waals surface area contributed by atoms with Crippen LogP contribution in [0.5, 0.6) is 0 Å². The molecule has 1 atom stereocenters. The Morgan fingerprint density at radius 1 is 1.32 bits per heavy atom. The maximum atomic E-state index is 12.5. The molecule has 0 aromatic heterocycles. The van der Waals surface area contributed by atoms with Crippen LogP contribution in [0, 0.1) is 0 Å². The Balaban J connectivity index is 2.20. The number of hydrogen-bond acceptors (Lipinski definition) is 6. The molecule has 0 spiro atoms. The van der Waals surface area contributed by atoms with Gasteiger partial charge in [0, 0.05) is 18.6 Å². The van der Waals surface area contributed by atoms with Gasteiger partial charge >= 0.3 is 12.0 Å². The van der Waals surface area contributed by atoms with E-state index in [1.165, 1.54) is 19.1 Å². The van der Waals surface area contributed by atoms with Gasteiger partial charge < -0.3 is 10.1 Å². The number of rotatable bonds is 5. The van der Waals surface area contributed by atoms with Gasteiger partial charge in [-0.3, -0.25) is 9.69 Å². The molecular formula is C17H22ClN3O6S. The van der Waals surface area contributed by atoms with Gasteiger partial charge in [0.2, 0.25) is 10.0 Å². The Labute approximate surface area is 168 Å². The number of esters is 1. The molecule has 0 radical (unpaired) electrons. The molecular weight excluding hydrogens is 410 g/mol. The van der Waals surface area contributed by atoms with Gasteiger partial charge in [0.05, 0.1) is 10.6 Å². The minimum absolute atomic E-state index is 0.0637. The second-order valence-corrected chi connectivity index (χ2v) is 9.33. The SMILES string of the molecule is CC(OC(=O)c1ccc(Cl)c(S(=O)(=O)NC(C)(C)C)c1)C(=O)N1CCNC1=O. The maximum absolute atomic E-state index is 12.5. The standard InChI is InChI=1S/C17H22ClN3O6S/c1-10(14(22)21-8-7-19-16(21)24)27-15(23)11-5-6-12(18)13(9-11)28(25,26)20-17(2,3)4/h5-6,9-10,20H,7-8H2,1-4H3,(H,19,24). The minimum atomic E-state index is -3.99. The summed E-state index contributed by atoms with van der Waals surface area (Å²) in [7, 11) is -3.99. The van der Waals surface area contributed by atoms with Crippen molar-refractivity contribution in [2.24, 2.45) is 0 Å². The van der Waals surface area contributed by atoms with E-state index >= 15 is 0 Å². The van der Waals surface area contributed by atoms with Crippen LogP contribution in [0.3, 0.4) is 0 Å². The number of carbonyl (C=O) groups excluding carboxylic acids is 3. The third-order valence-electron chi connectivity index (χ3n) is 3.65. The molecule has 1 aromatic rings. The average Bonchev–Trinajstić information content (AvgIpc) is 2.97. The van der Waals surface area contributed by atoms with Crippen LogP contribution in [0.15, 0.2) is 23.1 Å². The number of sulfonamides is 1. The van der Waals surface area contributed by atoms with Crippen molar-refractivity contribution >= 4 is 39.5 Å². The van der Waals surface area contributed by atoms with Gasteiger partial charge in [0.15, 0.2) is 6.10 Å². The van der Waals surface area contributed by atoms with E-state index in [9.17, 15) is 22.8 Å². The fourth-order valence-electron chi connectivity index (χ4n) is 2.47. The highest BCUT2D eigenvalue weighted by Crippen LogP contribution is 2.24. The van der Waals surface area contributed by atoms with Gasteiger partial charge in [-0.05, 0) is 45.9 Å². The molecule has 0 aliphatic carbocycles. The van der Waals surface area contributed by atoms with E-state index in [1.807, 2.05) is 0 Å². The van der Waals surface area contributed by atoms with Crippen LogP contribution in [0.1, 0.15) is 38.1 Å². The van der Waals surface area contributed by atoms with Crippen LogP contribution in [0.2, 0.25) is 5.02 Å². The number of nitrogens with zero attached hydrogens (tertiary/aromatic N) is 1. The van der Waals surface area contributed by atoms with Crippen LogP contribution in [-0.4, -0.2) is 56.0 Å². The maximum Gasteiger partial charge on any atom is 0.338 e. The molecule has 28 heavy (non-hydrogen) atoms. The van der Waals surface area contributed by atoms with E-state index in [1.54, 1.807) is 20.8 Å². The predicted molar refractivity (Wildman–Crippen MR) is 102 cm³/mol. The van der Waals surface area contributed by atoms with Crippen LogP contribution < -0.4 is 10.0 Å². The van der Waals surface area contributed by atoms with Crippen molar-refractivity contribution in [2.45, 2.75) is 44.2 Å². The molecule has 1 aliphatic heterocycles. The van der Waals surface area contributed by atoms with Crippen LogP contribution >= 0.6 is 11.6 Å². The van der Waals surface area contributed by atoms with Crippen molar-refractivity contribution in [3.8, 4) is 0 Å². The zero-order valence-corrected chi connectivity index (χ0v) is 17.5. The highest BCUT2D eigenvalue weighted by atomic mass is 35.5. The third-order valence-corrected chi connectivity index (χ3v) is 5.89. The van der Waals surface area contributed by atoms with E-state index in [0.717, 1.165) is 11.0 Å². The number of halogens is 1. The molecule has 1 fully saturated rings. The van der Waals surface area contributed by atoms with Gasteiger partial charge in [-0.2, -0.15) is 0 Å². The summed E-state index contributed by atoms with van der Waals surface area (Å²) in [6.07, 6.45) is -1.22. The van der Waals surface area contributed by atoms with Crippen molar-refractivity contribution in [2.75, 3.05) is 13.1 Å². The monoisotopic (exact) mass is 431 g/mol. The lowest BCUT2D eigenvalue weighted by Gasteiger charge is -2.21. The highest BCUT2D eigenvalue weighted by molar-refractivity contribution is 7.89. The Kier molecular flexibility index (Phi) is 6.37. The first-order valence-electron chi connectivity index (χ1n) is 8.45. The van der Waals surface area contributed by atoms with E-state index < -0.39 is 39.6 Å². The summed E-state index contributed by atoms with van der Waals surface area (Å²) in [5.74, 6) is -1.58. The summed E-state index contributed by atoms with van der Waals surface area (Å²) in [6.45, 7) is 6.83. The summed E-state index contributed by atoms with van der Waals surface area (Å²) >= 11 is 6.00. The Bertz CT molecular complexity index is 910.